The fourth-order valence-corrected chi connectivity index (χ4v) is 4.01. The summed E-state index contributed by atoms with van der Waals surface area (Å²) in [5.74, 6) is 1.16. The number of unbranched alkanes of at least 4 members (excludes halogenated alkanes) is 1. The van der Waals surface area contributed by atoms with Gasteiger partial charge in [-0.3, -0.25) is 0 Å². The largest absolute Gasteiger partial charge is 0.396 e. The van der Waals surface area contributed by atoms with Gasteiger partial charge in [0.2, 0.25) is 0 Å². The van der Waals surface area contributed by atoms with Crippen molar-refractivity contribution in [1.29, 1.82) is 0 Å². The van der Waals surface area contributed by atoms with Crippen LogP contribution >= 0.6 is 11.8 Å². The molecule has 2 aromatic rings. The van der Waals surface area contributed by atoms with E-state index in [-0.39, 0.29) is 12.5 Å². The molecule has 1 aliphatic rings. The van der Waals surface area contributed by atoms with Gasteiger partial charge in [0.25, 0.3) is 0 Å². The number of thioether (sulfide) groups is 1. The number of rotatable bonds is 9. The van der Waals surface area contributed by atoms with Crippen LogP contribution in [0.3, 0.4) is 0 Å². The highest BCUT2D eigenvalue weighted by Crippen LogP contribution is 2.36. The molecular weight excluding hydrogens is 368 g/mol. The molecule has 150 valence electrons. The first-order valence-electron chi connectivity index (χ1n) is 9.57. The molecule has 0 bridgehead atoms. The Bertz CT molecular complexity index is 758. The van der Waals surface area contributed by atoms with Gasteiger partial charge in [-0.05, 0) is 19.3 Å². The molecule has 0 amide bonds. The lowest BCUT2D eigenvalue weighted by molar-refractivity contribution is -0.00512. The van der Waals surface area contributed by atoms with Crippen molar-refractivity contribution >= 4 is 28.7 Å². The quantitative estimate of drug-likeness (QED) is 0.281. The van der Waals surface area contributed by atoms with Gasteiger partial charge in [0, 0.05) is 24.8 Å². The second-order valence-corrected chi connectivity index (χ2v) is 7.98. The minimum absolute atomic E-state index is 0.183. The minimum atomic E-state index is -1.02. The van der Waals surface area contributed by atoms with Crippen LogP contribution in [0.5, 0.6) is 0 Å². The Kier molecular flexibility index (Phi) is 6.85. The van der Waals surface area contributed by atoms with Crippen molar-refractivity contribution in [2.75, 3.05) is 24.2 Å². The van der Waals surface area contributed by atoms with E-state index in [2.05, 4.69) is 39.4 Å². The summed E-state index contributed by atoms with van der Waals surface area (Å²) in [6, 6.07) is -0.482. The van der Waals surface area contributed by atoms with Gasteiger partial charge in [-0.2, -0.15) is 0 Å². The average molecular weight is 397 g/mol. The van der Waals surface area contributed by atoms with Crippen LogP contribution in [0, 0.1) is 5.92 Å². The zero-order valence-corrected chi connectivity index (χ0v) is 16.6. The summed E-state index contributed by atoms with van der Waals surface area (Å²) in [7, 11) is 0. The molecule has 0 spiro atoms. The van der Waals surface area contributed by atoms with Crippen molar-refractivity contribution in [1.82, 2.24) is 25.0 Å². The summed E-state index contributed by atoms with van der Waals surface area (Å²) < 4.78 is 1.57. The Labute approximate surface area is 162 Å². The zero-order chi connectivity index (χ0) is 19.4. The Morgan fingerprint density at radius 3 is 2.67 bits per heavy atom. The third-order valence-corrected chi connectivity index (χ3v) is 5.93. The van der Waals surface area contributed by atoms with Gasteiger partial charge < -0.3 is 20.6 Å². The smallest absolute Gasteiger partial charge is 0.191 e. The molecule has 2 heterocycles. The summed E-state index contributed by atoms with van der Waals surface area (Å²) in [6.07, 6.45) is 1.50. The molecule has 10 heteroatoms. The fraction of sp³-hybridized carbons (Fsp3) is 0.765. The topological polar surface area (TPSA) is 129 Å². The van der Waals surface area contributed by atoms with Crippen molar-refractivity contribution in [2.24, 2.45) is 5.92 Å². The Morgan fingerprint density at radius 1 is 1.19 bits per heavy atom. The molecule has 0 aromatic carbocycles. The summed E-state index contributed by atoms with van der Waals surface area (Å²) >= 11 is 1.57. The van der Waals surface area contributed by atoms with E-state index >= 15 is 0 Å². The van der Waals surface area contributed by atoms with Crippen LogP contribution < -0.4 is 5.32 Å². The average Bonchev–Trinajstić information content (AvgIpc) is 3.21. The molecule has 3 rings (SSSR count). The predicted octanol–water partition coefficient (Wildman–Crippen LogP) is 1.21. The van der Waals surface area contributed by atoms with Gasteiger partial charge in [0.05, 0.1) is 12.1 Å². The number of fused-ring (bicyclic) bond motifs is 1. The van der Waals surface area contributed by atoms with E-state index in [1.54, 1.807) is 16.4 Å². The van der Waals surface area contributed by atoms with Crippen molar-refractivity contribution in [3.8, 4) is 0 Å². The number of aliphatic hydroxyl groups is 3. The lowest BCUT2D eigenvalue weighted by Crippen LogP contribution is -2.30. The Balaban J connectivity index is 1.98. The SMILES string of the molecule is CCCCNc1nc(SCCC)nc2c1nnn2C1CC(CO)C(O)C1O. The summed E-state index contributed by atoms with van der Waals surface area (Å²) in [4.78, 5) is 9.20. The first-order chi connectivity index (χ1) is 13.1. The molecule has 9 nitrogen and oxygen atoms in total. The zero-order valence-electron chi connectivity index (χ0n) is 15.7. The first-order valence-corrected chi connectivity index (χ1v) is 10.6. The number of nitrogens with one attached hydrogen (secondary N) is 1. The molecule has 0 aliphatic heterocycles. The molecule has 1 fully saturated rings. The van der Waals surface area contributed by atoms with Gasteiger partial charge in [-0.15, -0.1) is 5.10 Å². The lowest BCUT2D eigenvalue weighted by Gasteiger charge is -2.17. The van der Waals surface area contributed by atoms with Gasteiger partial charge >= 0.3 is 0 Å². The highest BCUT2D eigenvalue weighted by molar-refractivity contribution is 7.99. The van der Waals surface area contributed by atoms with Crippen LogP contribution in [0.15, 0.2) is 5.16 Å². The lowest BCUT2D eigenvalue weighted by atomic mass is 10.1. The monoisotopic (exact) mass is 396 g/mol. The van der Waals surface area contributed by atoms with E-state index in [1.165, 1.54) is 0 Å². The number of anilines is 1. The molecule has 1 saturated carbocycles. The second kappa shape index (κ2) is 9.13. The fourth-order valence-electron chi connectivity index (χ4n) is 3.32. The van der Waals surface area contributed by atoms with E-state index in [9.17, 15) is 15.3 Å². The van der Waals surface area contributed by atoms with Crippen molar-refractivity contribution < 1.29 is 15.3 Å². The Morgan fingerprint density at radius 2 is 2.00 bits per heavy atom. The van der Waals surface area contributed by atoms with Crippen LogP contribution in [0.2, 0.25) is 0 Å². The molecular formula is C17H28N6O3S. The van der Waals surface area contributed by atoms with Gasteiger partial charge in [-0.25, -0.2) is 14.6 Å². The highest BCUT2D eigenvalue weighted by Gasteiger charge is 2.43. The normalized spacial score (nSPS) is 25.4. The third kappa shape index (κ3) is 4.18. The van der Waals surface area contributed by atoms with Gasteiger partial charge in [0.1, 0.15) is 6.10 Å². The third-order valence-electron chi connectivity index (χ3n) is 4.88. The first kappa shape index (κ1) is 20.2. The maximum Gasteiger partial charge on any atom is 0.191 e. The van der Waals surface area contributed by atoms with Gasteiger partial charge in [-0.1, -0.05) is 37.2 Å². The molecule has 1 aliphatic carbocycles. The maximum atomic E-state index is 10.4. The van der Waals surface area contributed by atoms with Crippen molar-refractivity contribution in [3.05, 3.63) is 0 Å². The molecule has 2 aromatic heterocycles. The molecule has 0 radical (unpaired) electrons. The van der Waals surface area contributed by atoms with E-state index in [0.717, 1.165) is 31.6 Å². The van der Waals surface area contributed by atoms with Crippen LogP contribution in [-0.2, 0) is 0 Å². The van der Waals surface area contributed by atoms with Crippen molar-refractivity contribution in [2.45, 2.75) is 62.9 Å². The Hall–Kier alpha value is -1.49. The van der Waals surface area contributed by atoms with E-state index in [1.807, 2.05) is 0 Å². The molecule has 4 N–H and O–H groups in total. The summed E-state index contributed by atoms with van der Waals surface area (Å²) in [5.41, 5.74) is 1.10. The van der Waals surface area contributed by atoms with Crippen LogP contribution in [0.1, 0.15) is 45.6 Å². The van der Waals surface area contributed by atoms with E-state index < -0.39 is 18.2 Å². The standard InChI is InChI=1S/C17H28N6O3S/c1-3-5-6-18-15-12-16(20-17(19-15)27-7-4-2)23(22-21-12)11-8-10(9-24)13(25)14(11)26/h10-11,13-14,24-26H,3-9H2,1-2H3,(H,18,19,20). The number of hydrogen-bond donors (Lipinski definition) is 4. The molecule has 0 saturated heterocycles. The number of aromatic nitrogens is 5. The summed E-state index contributed by atoms with van der Waals surface area (Å²) in [6.45, 7) is 4.83. The van der Waals surface area contributed by atoms with Crippen LogP contribution in [0.25, 0.3) is 11.2 Å². The number of aliphatic hydroxyl groups excluding tert-OH is 3. The van der Waals surface area contributed by atoms with Crippen LogP contribution in [0.4, 0.5) is 5.82 Å². The number of nitrogens with zero attached hydrogens (tertiary/aromatic N) is 5. The number of hydrogen-bond acceptors (Lipinski definition) is 9. The summed E-state index contributed by atoms with van der Waals surface area (Å²) in [5, 5.41) is 42.4. The predicted molar refractivity (Wildman–Crippen MR) is 104 cm³/mol. The van der Waals surface area contributed by atoms with Crippen LogP contribution in [-0.4, -0.2) is 71.4 Å². The second-order valence-electron chi connectivity index (χ2n) is 6.92. The molecule has 4 unspecified atom stereocenters. The molecule has 27 heavy (non-hydrogen) atoms. The van der Waals surface area contributed by atoms with E-state index in [0.29, 0.717) is 28.6 Å². The van der Waals surface area contributed by atoms with Crippen molar-refractivity contribution in [3.63, 3.8) is 0 Å². The van der Waals surface area contributed by atoms with Gasteiger partial charge in [0.15, 0.2) is 22.1 Å². The molecule has 4 atom stereocenters. The highest BCUT2D eigenvalue weighted by atomic mass is 32.2. The minimum Gasteiger partial charge on any atom is -0.396 e. The van der Waals surface area contributed by atoms with E-state index in [4.69, 9.17) is 0 Å². The maximum absolute atomic E-state index is 10.4.